The van der Waals surface area contributed by atoms with Gasteiger partial charge in [0.05, 0.1) is 16.6 Å². The summed E-state index contributed by atoms with van der Waals surface area (Å²) in [6, 6.07) is 4.77. The van der Waals surface area contributed by atoms with Gasteiger partial charge in [0.25, 0.3) is 0 Å². The zero-order valence-corrected chi connectivity index (χ0v) is 10.6. The number of imidazole rings is 1. The molecule has 96 valence electrons. The first kappa shape index (κ1) is 11.7. The molecule has 0 unspecified atom stereocenters. The Morgan fingerprint density at radius 2 is 2.11 bits per heavy atom. The Kier molecular flexibility index (Phi) is 2.63. The highest BCUT2D eigenvalue weighted by Gasteiger charge is 2.35. The molecule has 1 aliphatic rings. The van der Waals surface area contributed by atoms with Crippen LogP contribution in [0.2, 0.25) is 0 Å². The van der Waals surface area contributed by atoms with Crippen LogP contribution < -0.4 is 5.73 Å². The summed E-state index contributed by atoms with van der Waals surface area (Å²) in [6.45, 7) is 2.89. The van der Waals surface area contributed by atoms with E-state index in [1.807, 2.05) is 0 Å². The highest BCUT2D eigenvalue weighted by atomic mass is 19.1. The fraction of sp³-hybridized carbons (Fsp3) is 0.500. The first-order valence-corrected chi connectivity index (χ1v) is 6.59. The van der Waals surface area contributed by atoms with Crippen molar-refractivity contribution in [3.63, 3.8) is 0 Å². The molecule has 18 heavy (non-hydrogen) atoms. The maximum absolute atomic E-state index is 13.3. The summed E-state index contributed by atoms with van der Waals surface area (Å²) in [6.07, 6.45) is 4.24. The van der Waals surface area contributed by atoms with Crippen molar-refractivity contribution >= 4 is 11.0 Å². The third kappa shape index (κ3) is 1.63. The van der Waals surface area contributed by atoms with Crippen LogP contribution in [0.15, 0.2) is 18.2 Å². The first-order chi connectivity index (χ1) is 8.64. The van der Waals surface area contributed by atoms with Gasteiger partial charge in [0.2, 0.25) is 0 Å². The molecule has 0 amide bonds. The number of nitrogens with zero attached hydrogens (tertiary/aromatic N) is 2. The molecule has 0 radical (unpaired) electrons. The zero-order chi connectivity index (χ0) is 12.8. The number of hydrogen-bond acceptors (Lipinski definition) is 2. The minimum atomic E-state index is -0.328. The summed E-state index contributed by atoms with van der Waals surface area (Å²) in [5.41, 5.74) is 7.84. The molecule has 1 saturated carbocycles. The maximum atomic E-state index is 13.3. The third-order valence-electron chi connectivity index (χ3n) is 3.97. The monoisotopic (exact) mass is 247 g/mol. The SMILES string of the molecule is CCn1c(C2(N)CCCC2)nc2cc(F)ccc21. The van der Waals surface area contributed by atoms with Crippen LogP contribution in [-0.2, 0) is 12.1 Å². The van der Waals surface area contributed by atoms with E-state index in [9.17, 15) is 4.39 Å². The largest absolute Gasteiger partial charge is 0.327 e. The van der Waals surface area contributed by atoms with Gasteiger partial charge in [0.1, 0.15) is 11.6 Å². The second kappa shape index (κ2) is 4.05. The topological polar surface area (TPSA) is 43.8 Å². The van der Waals surface area contributed by atoms with E-state index in [1.165, 1.54) is 12.1 Å². The molecule has 1 aliphatic carbocycles. The summed E-state index contributed by atoms with van der Waals surface area (Å²) in [5, 5.41) is 0. The van der Waals surface area contributed by atoms with Crippen molar-refractivity contribution < 1.29 is 4.39 Å². The normalized spacial score (nSPS) is 18.6. The molecule has 2 N–H and O–H groups in total. The highest BCUT2D eigenvalue weighted by Crippen LogP contribution is 2.37. The lowest BCUT2D eigenvalue weighted by molar-refractivity contribution is 0.413. The van der Waals surface area contributed by atoms with E-state index in [2.05, 4.69) is 16.5 Å². The molecule has 0 spiro atoms. The van der Waals surface area contributed by atoms with Crippen LogP contribution in [-0.4, -0.2) is 9.55 Å². The van der Waals surface area contributed by atoms with Crippen LogP contribution in [0.4, 0.5) is 4.39 Å². The summed E-state index contributed by atoms with van der Waals surface area (Å²) >= 11 is 0. The number of hydrogen-bond donors (Lipinski definition) is 1. The first-order valence-electron chi connectivity index (χ1n) is 6.59. The fourth-order valence-corrected chi connectivity index (χ4v) is 3.03. The Balaban J connectivity index is 2.22. The smallest absolute Gasteiger partial charge is 0.130 e. The lowest BCUT2D eigenvalue weighted by Crippen LogP contribution is -2.36. The Hall–Kier alpha value is -1.42. The Morgan fingerprint density at radius 3 is 2.78 bits per heavy atom. The number of fused-ring (bicyclic) bond motifs is 1. The van der Waals surface area contributed by atoms with Crippen LogP contribution in [0, 0.1) is 5.82 Å². The van der Waals surface area contributed by atoms with Crippen molar-refractivity contribution in [3.8, 4) is 0 Å². The Bertz CT molecular complexity index is 582. The van der Waals surface area contributed by atoms with E-state index < -0.39 is 0 Å². The summed E-state index contributed by atoms with van der Waals surface area (Å²) in [7, 11) is 0. The number of rotatable bonds is 2. The number of aromatic nitrogens is 2. The average Bonchev–Trinajstić information content (AvgIpc) is 2.93. The number of benzene rings is 1. The molecule has 0 aliphatic heterocycles. The van der Waals surface area contributed by atoms with Crippen LogP contribution >= 0.6 is 0 Å². The van der Waals surface area contributed by atoms with Crippen molar-refractivity contribution in [2.45, 2.75) is 44.7 Å². The average molecular weight is 247 g/mol. The van der Waals surface area contributed by atoms with Gasteiger partial charge >= 0.3 is 0 Å². The van der Waals surface area contributed by atoms with Crippen LogP contribution in [0.3, 0.4) is 0 Å². The predicted molar refractivity (Wildman–Crippen MR) is 69.7 cm³/mol. The molecule has 1 fully saturated rings. The zero-order valence-electron chi connectivity index (χ0n) is 10.6. The van der Waals surface area contributed by atoms with Gasteiger partial charge in [0.15, 0.2) is 0 Å². The lowest BCUT2D eigenvalue weighted by Gasteiger charge is -2.23. The van der Waals surface area contributed by atoms with Crippen molar-refractivity contribution in [1.29, 1.82) is 0 Å². The van der Waals surface area contributed by atoms with Crippen molar-refractivity contribution in [2.75, 3.05) is 0 Å². The van der Waals surface area contributed by atoms with Crippen LogP contribution in [0.25, 0.3) is 11.0 Å². The van der Waals surface area contributed by atoms with E-state index >= 15 is 0 Å². The van der Waals surface area contributed by atoms with Gasteiger partial charge in [-0.1, -0.05) is 12.8 Å². The summed E-state index contributed by atoms with van der Waals surface area (Å²) in [4.78, 5) is 4.60. The van der Waals surface area contributed by atoms with Gasteiger partial charge in [0, 0.05) is 12.6 Å². The van der Waals surface area contributed by atoms with Crippen molar-refractivity contribution in [1.82, 2.24) is 9.55 Å². The van der Waals surface area contributed by atoms with Crippen LogP contribution in [0.1, 0.15) is 38.4 Å². The van der Waals surface area contributed by atoms with Crippen molar-refractivity contribution in [3.05, 3.63) is 29.8 Å². The molecule has 3 nitrogen and oxygen atoms in total. The minimum absolute atomic E-state index is 0.243. The molecule has 2 aromatic rings. The second-order valence-corrected chi connectivity index (χ2v) is 5.18. The van der Waals surface area contributed by atoms with Crippen LogP contribution in [0.5, 0.6) is 0 Å². The molecule has 0 saturated heterocycles. The Morgan fingerprint density at radius 1 is 1.39 bits per heavy atom. The quantitative estimate of drug-likeness (QED) is 0.886. The minimum Gasteiger partial charge on any atom is -0.327 e. The molecule has 1 heterocycles. The van der Waals surface area contributed by atoms with E-state index in [1.54, 1.807) is 6.07 Å². The van der Waals surface area contributed by atoms with E-state index in [4.69, 9.17) is 5.73 Å². The van der Waals surface area contributed by atoms with E-state index in [0.29, 0.717) is 5.52 Å². The molecular weight excluding hydrogens is 229 g/mol. The van der Waals surface area contributed by atoms with Gasteiger partial charge in [-0.3, -0.25) is 0 Å². The maximum Gasteiger partial charge on any atom is 0.130 e. The molecule has 3 rings (SSSR count). The number of nitrogens with two attached hydrogens (primary N) is 1. The van der Waals surface area contributed by atoms with Gasteiger partial charge in [-0.25, -0.2) is 9.37 Å². The second-order valence-electron chi connectivity index (χ2n) is 5.18. The molecule has 0 atom stereocenters. The molecular formula is C14H18FN3. The van der Waals surface area contributed by atoms with Crippen molar-refractivity contribution in [2.24, 2.45) is 5.73 Å². The van der Waals surface area contributed by atoms with Gasteiger partial charge < -0.3 is 10.3 Å². The molecule has 1 aromatic heterocycles. The summed E-state index contributed by atoms with van der Waals surface area (Å²) in [5.74, 6) is 0.676. The van der Waals surface area contributed by atoms with Gasteiger partial charge in [-0.15, -0.1) is 0 Å². The van der Waals surface area contributed by atoms with E-state index in [0.717, 1.165) is 43.6 Å². The molecule has 4 heteroatoms. The fourth-order valence-electron chi connectivity index (χ4n) is 3.03. The van der Waals surface area contributed by atoms with E-state index in [-0.39, 0.29) is 11.4 Å². The number of halogens is 1. The number of aryl methyl sites for hydroxylation is 1. The third-order valence-corrected chi connectivity index (χ3v) is 3.97. The summed E-state index contributed by atoms with van der Waals surface area (Å²) < 4.78 is 15.4. The highest BCUT2D eigenvalue weighted by molar-refractivity contribution is 5.76. The van der Waals surface area contributed by atoms with Gasteiger partial charge in [-0.05, 0) is 31.9 Å². The Labute approximate surface area is 106 Å². The molecule has 1 aromatic carbocycles. The van der Waals surface area contributed by atoms with Gasteiger partial charge in [-0.2, -0.15) is 0 Å². The standard InChI is InChI=1S/C14H18FN3/c1-2-18-12-6-5-10(15)9-11(12)17-13(18)14(16)7-3-4-8-14/h5-6,9H,2-4,7-8,16H2,1H3. The predicted octanol–water partition coefficient (Wildman–Crippen LogP) is 2.92. The lowest BCUT2D eigenvalue weighted by atomic mass is 9.98. The molecule has 0 bridgehead atoms.